The van der Waals surface area contributed by atoms with Gasteiger partial charge in [0.25, 0.3) is 0 Å². The van der Waals surface area contributed by atoms with Crippen LogP contribution in [0.15, 0.2) is 0 Å². The molecule has 60 valence electrons. The summed E-state index contributed by atoms with van der Waals surface area (Å²) >= 11 is 0. The van der Waals surface area contributed by atoms with Crippen LogP contribution in [-0.4, -0.2) is 11.9 Å². The normalized spacial score (nSPS) is 16.3. The molecular formula is C6H15N3O. The predicted octanol–water partition coefficient (Wildman–Crippen LogP) is -0.650. The van der Waals surface area contributed by atoms with Crippen LogP contribution in [0, 0.1) is 5.92 Å². The van der Waals surface area contributed by atoms with E-state index in [4.69, 9.17) is 11.6 Å². The lowest BCUT2D eigenvalue weighted by Gasteiger charge is -2.17. The Morgan fingerprint density at radius 3 is 2.30 bits per heavy atom. The number of carbonyl (C=O) groups excluding carboxylic acids is 1. The number of hydrazine groups is 1. The highest BCUT2D eigenvalue weighted by molar-refractivity contribution is 5.80. The maximum Gasteiger partial charge on any atom is 0.236 e. The Kier molecular flexibility index (Phi) is 3.99. The quantitative estimate of drug-likeness (QED) is 0.363. The van der Waals surface area contributed by atoms with Gasteiger partial charge in [-0.2, -0.15) is 0 Å². The predicted molar refractivity (Wildman–Crippen MR) is 39.8 cm³/mol. The van der Waals surface area contributed by atoms with E-state index in [9.17, 15) is 4.79 Å². The molecule has 0 aliphatic heterocycles. The van der Waals surface area contributed by atoms with Crippen molar-refractivity contribution in [2.24, 2.45) is 17.5 Å². The third-order valence-corrected chi connectivity index (χ3v) is 1.70. The summed E-state index contributed by atoms with van der Waals surface area (Å²) in [5.41, 5.74) is 7.42. The molecule has 0 aliphatic carbocycles. The summed E-state index contributed by atoms with van der Waals surface area (Å²) in [5, 5.41) is 0. The van der Waals surface area contributed by atoms with Gasteiger partial charge in [0.05, 0.1) is 0 Å². The molecule has 1 amide bonds. The first kappa shape index (κ1) is 9.39. The summed E-state index contributed by atoms with van der Waals surface area (Å²) in [4.78, 5) is 10.6. The Morgan fingerprint density at radius 2 is 2.20 bits per heavy atom. The zero-order valence-electron chi connectivity index (χ0n) is 6.42. The van der Waals surface area contributed by atoms with Gasteiger partial charge < -0.3 is 5.73 Å². The van der Waals surface area contributed by atoms with Crippen molar-refractivity contribution < 1.29 is 4.79 Å². The van der Waals surface area contributed by atoms with E-state index in [-0.39, 0.29) is 5.92 Å². The fourth-order valence-electron chi connectivity index (χ4n) is 0.763. The zero-order chi connectivity index (χ0) is 8.15. The summed E-state index contributed by atoms with van der Waals surface area (Å²) in [7, 11) is 0. The monoisotopic (exact) mass is 145 g/mol. The Morgan fingerprint density at radius 1 is 1.70 bits per heavy atom. The van der Waals surface area contributed by atoms with Crippen LogP contribution in [0.4, 0.5) is 0 Å². The highest BCUT2D eigenvalue weighted by Gasteiger charge is 2.18. The average molecular weight is 145 g/mol. The smallest absolute Gasteiger partial charge is 0.236 e. The van der Waals surface area contributed by atoms with Crippen molar-refractivity contribution in [3.63, 3.8) is 0 Å². The van der Waals surface area contributed by atoms with E-state index in [1.807, 2.05) is 13.8 Å². The highest BCUT2D eigenvalue weighted by Crippen LogP contribution is 2.05. The Labute approximate surface area is 60.9 Å². The molecule has 4 nitrogen and oxygen atoms in total. The molecule has 0 spiro atoms. The van der Waals surface area contributed by atoms with Crippen LogP contribution >= 0.6 is 0 Å². The van der Waals surface area contributed by atoms with Gasteiger partial charge in [-0.15, -0.1) is 0 Å². The minimum atomic E-state index is -0.398. The molecule has 10 heavy (non-hydrogen) atoms. The van der Waals surface area contributed by atoms with Gasteiger partial charge in [-0.3, -0.25) is 10.6 Å². The van der Waals surface area contributed by atoms with Crippen LogP contribution in [0.25, 0.3) is 0 Å². The van der Waals surface area contributed by atoms with Gasteiger partial charge in [0.15, 0.2) is 0 Å². The molecular weight excluding hydrogens is 130 g/mol. The van der Waals surface area contributed by atoms with Crippen LogP contribution in [0.1, 0.15) is 20.3 Å². The molecule has 0 radical (unpaired) electrons. The first-order chi connectivity index (χ1) is 4.63. The molecule has 0 saturated carbocycles. The molecule has 0 rings (SSSR count). The fourth-order valence-corrected chi connectivity index (χ4v) is 0.763. The van der Waals surface area contributed by atoms with Crippen molar-refractivity contribution in [1.82, 2.24) is 5.43 Å². The van der Waals surface area contributed by atoms with Crippen LogP contribution in [0.3, 0.4) is 0 Å². The van der Waals surface area contributed by atoms with Crippen molar-refractivity contribution >= 4 is 5.91 Å². The topological polar surface area (TPSA) is 81.1 Å². The van der Waals surface area contributed by atoms with Crippen molar-refractivity contribution in [2.45, 2.75) is 26.3 Å². The van der Waals surface area contributed by atoms with Gasteiger partial charge in [-0.1, -0.05) is 20.3 Å². The summed E-state index contributed by atoms with van der Waals surface area (Å²) in [6.07, 6.45) is 0.887. The van der Waals surface area contributed by atoms with Crippen LogP contribution in [0.5, 0.6) is 0 Å². The van der Waals surface area contributed by atoms with E-state index in [0.717, 1.165) is 6.42 Å². The molecule has 5 N–H and O–H groups in total. The molecule has 0 aromatic carbocycles. The highest BCUT2D eigenvalue weighted by atomic mass is 16.1. The summed E-state index contributed by atoms with van der Waals surface area (Å²) in [5.74, 6) is 4.90. The molecule has 4 heteroatoms. The number of primary amides is 1. The van der Waals surface area contributed by atoms with E-state index in [2.05, 4.69) is 5.43 Å². The third-order valence-electron chi connectivity index (χ3n) is 1.70. The van der Waals surface area contributed by atoms with Gasteiger partial charge in [0.1, 0.15) is 6.04 Å². The number of carbonyl (C=O) groups is 1. The minimum Gasteiger partial charge on any atom is -0.368 e. The number of hydrogen-bond acceptors (Lipinski definition) is 3. The molecule has 0 saturated heterocycles. The zero-order valence-corrected chi connectivity index (χ0v) is 6.42. The molecule has 0 heterocycles. The number of rotatable bonds is 4. The Bertz CT molecular complexity index is 116. The lowest BCUT2D eigenvalue weighted by molar-refractivity contribution is -0.121. The second-order valence-electron chi connectivity index (χ2n) is 2.43. The number of nitrogens with one attached hydrogen (secondary N) is 1. The van der Waals surface area contributed by atoms with E-state index in [1.165, 1.54) is 0 Å². The summed E-state index contributed by atoms with van der Waals surface area (Å²) < 4.78 is 0. The first-order valence-electron chi connectivity index (χ1n) is 3.38. The molecule has 0 fully saturated rings. The molecule has 0 aliphatic rings. The van der Waals surface area contributed by atoms with Crippen molar-refractivity contribution in [3.8, 4) is 0 Å². The van der Waals surface area contributed by atoms with E-state index in [0.29, 0.717) is 0 Å². The third kappa shape index (κ3) is 2.33. The Balaban J connectivity index is 3.92. The fraction of sp³-hybridized carbons (Fsp3) is 0.833. The lowest BCUT2D eigenvalue weighted by Crippen LogP contribution is -2.48. The maximum atomic E-state index is 10.6. The minimum absolute atomic E-state index is 0.197. The van der Waals surface area contributed by atoms with Crippen molar-refractivity contribution in [3.05, 3.63) is 0 Å². The van der Waals surface area contributed by atoms with Crippen molar-refractivity contribution in [2.75, 3.05) is 0 Å². The molecule has 0 aromatic heterocycles. The van der Waals surface area contributed by atoms with Gasteiger partial charge in [0.2, 0.25) is 5.91 Å². The number of nitrogens with two attached hydrogens (primary N) is 2. The van der Waals surface area contributed by atoms with Crippen LogP contribution in [0.2, 0.25) is 0 Å². The van der Waals surface area contributed by atoms with Gasteiger partial charge in [-0.05, 0) is 5.92 Å². The van der Waals surface area contributed by atoms with Gasteiger partial charge >= 0.3 is 0 Å². The van der Waals surface area contributed by atoms with E-state index in [1.54, 1.807) is 0 Å². The first-order valence-corrected chi connectivity index (χ1v) is 3.38. The standard InChI is InChI=1S/C6H15N3O/c1-3-4(2)5(9-8)6(7)10/h4-5,9H,3,8H2,1-2H3,(H2,7,10). The number of hydrogen-bond donors (Lipinski definition) is 3. The molecule has 2 atom stereocenters. The lowest BCUT2D eigenvalue weighted by atomic mass is 10.00. The average Bonchev–Trinajstić information content (AvgIpc) is 1.88. The second-order valence-corrected chi connectivity index (χ2v) is 2.43. The Hall–Kier alpha value is -0.610. The largest absolute Gasteiger partial charge is 0.368 e. The summed E-state index contributed by atoms with van der Waals surface area (Å²) in [6.45, 7) is 3.91. The summed E-state index contributed by atoms with van der Waals surface area (Å²) in [6, 6.07) is -0.398. The van der Waals surface area contributed by atoms with Crippen LogP contribution < -0.4 is 17.0 Å². The SMILES string of the molecule is CCC(C)C(NN)C(N)=O. The second kappa shape index (κ2) is 4.24. The van der Waals surface area contributed by atoms with Crippen molar-refractivity contribution in [1.29, 1.82) is 0 Å². The van der Waals surface area contributed by atoms with E-state index >= 15 is 0 Å². The maximum absolute atomic E-state index is 10.6. The molecule has 2 unspecified atom stereocenters. The van der Waals surface area contributed by atoms with E-state index < -0.39 is 11.9 Å². The molecule has 0 aromatic rings. The van der Waals surface area contributed by atoms with Gasteiger partial charge in [-0.25, -0.2) is 5.43 Å². The van der Waals surface area contributed by atoms with Crippen LogP contribution in [-0.2, 0) is 4.79 Å². The number of amides is 1. The molecule has 0 bridgehead atoms. The van der Waals surface area contributed by atoms with Gasteiger partial charge in [0, 0.05) is 0 Å².